The van der Waals surface area contributed by atoms with Crippen LogP contribution in [0.5, 0.6) is 0 Å². The van der Waals surface area contributed by atoms with Gasteiger partial charge in [-0.05, 0) is 12.0 Å². The molecular weight excluding hydrogens is 206 g/mol. The molecule has 0 spiro atoms. The molecule has 2 atom stereocenters. The largest absolute Gasteiger partial charge is 0.337 e. The Morgan fingerprint density at radius 2 is 2.24 bits per heavy atom. The lowest BCUT2D eigenvalue weighted by Crippen LogP contribution is -2.92. The summed E-state index contributed by atoms with van der Waals surface area (Å²) in [4.78, 5) is 0. The van der Waals surface area contributed by atoms with Gasteiger partial charge in [0.1, 0.15) is 6.04 Å². The first-order chi connectivity index (χ1) is 8.35. The van der Waals surface area contributed by atoms with E-state index in [1.165, 1.54) is 25.7 Å². The minimum atomic E-state index is 0.671. The normalized spacial score (nSPS) is 23.1. The molecule has 1 heterocycles. The summed E-state index contributed by atoms with van der Waals surface area (Å²) >= 11 is 0. The van der Waals surface area contributed by atoms with E-state index in [4.69, 9.17) is 0 Å². The number of hydrogen-bond donors (Lipinski definition) is 1. The van der Waals surface area contributed by atoms with Gasteiger partial charge in [-0.2, -0.15) is 0 Å². The Hall–Kier alpha value is -1.08. The van der Waals surface area contributed by atoms with Gasteiger partial charge in [0.05, 0.1) is 6.04 Å². The van der Waals surface area contributed by atoms with Crippen molar-refractivity contribution in [3.05, 3.63) is 48.0 Å². The third kappa shape index (κ3) is 2.98. The lowest BCUT2D eigenvalue weighted by atomic mass is 9.87. The fraction of sp³-hybridized carbons (Fsp3) is 0.500. The second kappa shape index (κ2) is 6.02. The lowest BCUT2D eigenvalue weighted by molar-refractivity contribution is -0.731. The van der Waals surface area contributed by atoms with Gasteiger partial charge in [-0.25, -0.2) is 0 Å². The van der Waals surface area contributed by atoms with E-state index >= 15 is 0 Å². The first-order valence-electron chi connectivity index (χ1n) is 6.88. The van der Waals surface area contributed by atoms with Gasteiger partial charge in [0.2, 0.25) is 0 Å². The molecule has 17 heavy (non-hydrogen) atoms. The van der Waals surface area contributed by atoms with Gasteiger partial charge in [-0.15, -0.1) is 6.58 Å². The van der Waals surface area contributed by atoms with Crippen LogP contribution in [0, 0.1) is 0 Å². The molecule has 0 aliphatic carbocycles. The fourth-order valence-electron chi connectivity index (χ4n) is 2.92. The van der Waals surface area contributed by atoms with E-state index in [1.807, 2.05) is 0 Å². The maximum Gasteiger partial charge on any atom is 0.112 e. The van der Waals surface area contributed by atoms with E-state index in [0.717, 1.165) is 6.42 Å². The Morgan fingerprint density at radius 3 is 3.00 bits per heavy atom. The first-order valence-corrected chi connectivity index (χ1v) is 6.88. The van der Waals surface area contributed by atoms with Crippen molar-refractivity contribution in [2.75, 3.05) is 0 Å². The van der Waals surface area contributed by atoms with E-state index in [9.17, 15) is 0 Å². The van der Waals surface area contributed by atoms with Crippen molar-refractivity contribution in [3.8, 4) is 0 Å². The van der Waals surface area contributed by atoms with Crippen molar-refractivity contribution in [3.63, 3.8) is 0 Å². The Bertz CT molecular complexity index is 370. The highest BCUT2D eigenvalue weighted by atomic mass is 15.0. The molecule has 2 N–H and O–H groups in total. The molecule has 0 saturated carbocycles. The molecule has 0 fully saturated rings. The molecular formula is C16H24N+. The van der Waals surface area contributed by atoms with E-state index in [-0.39, 0.29) is 0 Å². The molecule has 1 heteroatoms. The van der Waals surface area contributed by atoms with Gasteiger partial charge >= 0.3 is 0 Å². The highest BCUT2D eigenvalue weighted by Crippen LogP contribution is 2.24. The van der Waals surface area contributed by atoms with Crippen molar-refractivity contribution >= 4 is 0 Å². The standard InChI is InChI=1S/C16H23N/c1-3-5-11-16-15-10-7-6-9-13(15)12-14(17-16)8-4-2/h4,6-7,9-10,14,16-17H,2-3,5,8,11-12H2,1H3/p+1/t14-,16-/m1/s1. The van der Waals surface area contributed by atoms with Crippen molar-refractivity contribution in [1.82, 2.24) is 0 Å². The Kier molecular flexibility index (Phi) is 4.38. The molecule has 0 bridgehead atoms. The van der Waals surface area contributed by atoms with Crippen LogP contribution < -0.4 is 5.32 Å². The summed E-state index contributed by atoms with van der Waals surface area (Å²) in [7, 11) is 0. The number of unbranched alkanes of at least 4 members (excludes halogenated alkanes) is 1. The Balaban J connectivity index is 2.16. The second-order valence-electron chi connectivity index (χ2n) is 5.13. The summed E-state index contributed by atoms with van der Waals surface area (Å²) < 4.78 is 0. The lowest BCUT2D eigenvalue weighted by Gasteiger charge is -2.29. The number of fused-ring (bicyclic) bond motifs is 1. The molecule has 0 aromatic heterocycles. The molecule has 1 aromatic rings. The third-order valence-corrected chi connectivity index (χ3v) is 3.78. The maximum absolute atomic E-state index is 3.88. The topological polar surface area (TPSA) is 16.6 Å². The summed E-state index contributed by atoms with van der Waals surface area (Å²) in [5, 5.41) is 2.57. The predicted molar refractivity (Wildman–Crippen MR) is 72.9 cm³/mol. The molecule has 2 rings (SSSR count). The molecule has 1 aromatic carbocycles. The molecule has 1 nitrogen and oxygen atoms in total. The molecule has 92 valence electrons. The number of nitrogens with two attached hydrogens (primary N) is 1. The summed E-state index contributed by atoms with van der Waals surface area (Å²) in [6.45, 7) is 6.15. The number of rotatable bonds is 5. The zero-order valence-corrected chi connectivity index (χ0v) is 10.9. The van der Waals surface area contributed by atoms with Crippen LogP contribution in [-0.4, -0.2) is 6.04 Å². The zero-order chi connectivity index (χ0) is 12.1. The summed E-state index contributed by atoms with van der Waals surface area (Å²) in [6.07, 6.45) is 8.31. The number of hydrogen-bond acceptors (Lipinski definition) is 0. The number of quaternary nitrogens is 1. The van der Waals surface area contributed by atoms with Crippen LogP contribution in [0.1, 0.15) is 49.8 Å². The summed E-state index contributed by atoms with van der Waals surface area (Å²) in [5.74, 6) is 0. The van der Waals surface area contributed by atoms with Gasteiger partial charge in [0, 0.05) is 24.8 Å². The molecule has 0 unspecified atom stereocenters. The van der Waals surface area contributed by atoms with Gasteiger partial charge < -0.3 is 5.32 Å². The van der Waals surface area contributed by atoms with E-state index in [0.29, 0.717) is 12.1 Å². The van der Waals surface area contributed by atoms with Gasteiger partial charge in [-0.3, -0.25) is 0 Å². The first kappa shape index (κ1) is 12.4. The van der Waals surface area contributed by atoms with Crippen LogP contribution in [0.4, 0.5) is 0 Å². The van der Waals surface area contributed by atoms with Gasteiger partial charge in [0.15, 0.2) is 0 Å². The Labute approximate surface area is 105 Å². The van der Waals surface area contributed by atoms with Crippen molar-refractivity contribution in [2.24, 2.45) is 0 Å². The molecule has 0 amide bonds. The molecule has 0 radical (unpaired) electrons. The van der Waals surface area contributed by atoms with E-state index in [2.05, 4.69) is 49.2 Å². The van der Waals surface area contributed by atoms with Crippen LogP contribution in [-0.2, 0) is 6.42 Å². The maximum atomic E-state index is 3.88. The number of benzene rings is 1. The monoisotopic (exact) mass is 230 g/mol. The molecule has 1 aliphatic rings. The third-order valence-electron chi connectivity index (χ3n) is 3.78. The molecule has 1 aliphatic heterocycles. The van der Waals surface area contributed by atoms with Crippen LogP contribution in [0.2, 0.25) is 0 Å². The van der Waals surface area contributed by atoms with Gasteiger partial charge in [-0.1, -0.05) is 43.7 Å². The van der Waals surface area contributed by atoms with E-state index in [1.54, 1.807) is 11.1 Å². The van der Waals surface area contributed by atoms with Crippen molar-refractivity contribution in [2.45, 2.75) is 51.1 Å². The summed E-state index contributed by atoms with van der Waals surface area (Å²) in [6, 6.07) is 10.3. The van der Waals surface area contributed by atoms with Crippen molar-refractivity contribution in [1.29, 1.82) is 0 Å². The second-order valence-corrected chi connectivity index (χ2v) is 5.13. The van der Waals surface area contributed by atoms with Crippen LogP contribution in [0.15, 0.2) is 36.9 Å². The zero-order valence-electron chi connectivity index (χ0n) is 10.9. The quantitative estimate of drug-likeness (QED) is 0.749. The SMILES string of the molecule is C=CC[C@@H]1Cc2ccccc2[C@@H](CCCC)[NH2+]1. The Morgan fingerprint density at radius 1 is 1.41 bits per heavy atom. The highest BCUT2D eigenvalue weighted by molar-refractivity contribution is 5.30. The highest BCUT2D eigenvalue weighted by Gasteiger charge is 2.28. The van der Waals surface area contributed by atoms with E-state index < -0.39 is 0 Å². The van der Waals surface area contributed by atoms with Crippen LogP contribution >= 0.6 is 0 Å². The fourth-order valence-corrected chi connectivity index (χ4v) is 2.92. The van der Waals surface area contributed by atoms with Crippen LogP contribution in [0.25, 0.3) is 0 Å². The van der Waals surface area contributed by atoms with Crippen LogP contribution in [0.3, 0.4) is 0 Å². The average Bonchev–Trinajstić information content (AvgIpc) is 2.36. The van der Waals surface area contributed by atoms with Gasteiger partial charge in [0.25, 0.3) is 0 Å². The van der Waals surface area contributed by atoms with Crippen molar-refractivity contribution < 1.29 is 5.32 Å². The average molecular weight is 230 g/mol. The smallest absolute Gasteiger partial charge is 0.112 e. The summed E-state index contributed by atoms with van der Waals surface area (Å²) in [5.41, 5.74) is 3.13. The minimum absolute atomic E-state index is 0.671. The predicted octanol–water partition coefficient (Wildman–Crippen LogP) is 2.98. The molecule has 0 saturated heterocycles. The minimum Gasteiger partial charge on any atom is -0.337 e.